The summed E-state index contributed by atoms with van der Waals surface area (Å²) in [7, 11) is 3.58. The molecule has 4 heteroatoms. The molecule has 0 radical (unpaired) electrons. The summed E-state index contributed by atoms with van der Waals surface area (Å²) in [6.45, 7) is 7.93. The molecule has 2 unspecified atom stereocenters. The van der Waals surface area contributed by atoms with Crippen molar-refractivity contribution in [3.05, 3.63) is 0 Å². The van der Waals surface area contributed by atoms with E-state index in [1.807, 2.05) is 7.11 Å². The molecule has 2 atom stereocenters. The van der Waals surface area contributed by atoms with Crippen LogP contribution < -0.4 is 5.73 Å². The molecule has 0 saturated heterocycles. The number of nitrogens with zero attached hydrogens (tertiary/aromatic N) is 1. The van der Waals surface area contributed by atoms with Gasteiger partial charge in [0.15, 0.2) is 0 Å². The lowest BCUT2D eigenvalue weighted by molar-refractivity contribution is -0.0841. The lowest BCUT2D eigenvalue weighted by Crippen LogP contribution is -2.64. The van der Waals surface area contributed by atoms with Gasteiger partial charge in [0.05, 0.1) is 18.2 Å². The number of hydrogen-bond acceptors (Lipinski definition) is 4. The summed E-state index contributed by atoms with van der Waals surface area (Å²) >= 11 is 0. The molecule has 0 amide bonds. The monoisotopic (exact) mass is 272 g/mol. The molecule has 0 aromatic heterocycles. The zero-order valence-corrected chi connectivity index (χ0v) is 13.2. The summed E-state index contributed by atoms with van der Waals surface area (Å²) in [6.07, 6.45) is 5.01. The smallest absolute Gasteiger partial charge is 0.0767 e. The lowest BCUT2D eigenvalue weighted by Gasteiger charge is -2.50. The van der Waals surface area contributed by atoms with Crippen LogP contribution >= 0.6 is 0 Å². The van der Waals surface area contributed by atoms with Crippen LogP contribution in [-0.4, -0.2) is 57.0 Å². The first-order chi connectivity index (χ1) is 9.10. The van der Waals surface area contributed by atoms with Crippen LogP contribution in [0.1, 0.15) is 39.5 Å². The van der Waals surface area contributed by atoms with Crippen molar-refractivity contribution in [2.24, 2.45) is 11.7 Å². The van der Waals surface area contributed by atoms with Crippen molar-refractivity contribution >= 4 is 0 Å². The molecule has 1 rings (SSSR count). The zero-order chi connectivity index (χ0) is 14.3. The Kier molecular flexibility index (Phi) is 7.29. The minimum absolute atomic E-state index is 0.00417. The molecular weight excluding hydrogens is 240 g/mol. The van der Waals surface area contributed by atoms with Gasteiger partial charge in [0.2, 0.25) is 0 Å². The van der Waals surface area contributed by atoms with E-state index in [0.29, 0.717) is 12.5 Å². The largest absolute Gasteiger partial charge is 0.383 e. The van der Waals surface area contributed by atoms with Crippen molar-refractivity contribution in [1.82, 2.24) is 4.90 Å². The van der Waals surface area contributed by atoms with Crippen LogP contribution in [0.5, 0.6) is 0 Å². The van der Waals surface area contributed by atoms with E-state index in [0.717, 1.165) is 32.5 Å². The van der Waals surface area contributed by atoms with Crippen molar-refractivity contribution in [3.63, 3.8) is 0 Å². The highest BCUT2D eigenvalue weighted by molar-refractivity contribution is 5.01. The quantitative estimate of drug-likeness (QED) is 0.733. The van der Waals surface area contributed by atoms with Gasteiger partial charge in [-0.15, -0.1) is 0 Å². The van der Waals surface area contributed by atoms with Crippen LogP contribution in [0.25, 0.3) is 0 Å². The summed E-state index contributed by atoms with van der Waals surface area (Å²) < 4.78 is 11.1. The molecular formula is C15H32N2O2. The van der Waals surface area contributed by atoms with Crippen LogP contribution in [0.15, 0.2) is 0 Å². The first-order valence-electron chi connectivity index (χ1n) is 7.57. The van der Waals surface area contributed by atoms with Gasteiger partial charge in [0.1, 0.15) is 0 Å². The minimum atomic E-state index is -0.00417. The third kappa shape index (κ3) is 4.15. The minimum Gasteiger partial charge on any atom is -0.383 e. The predicted octanol–water partition coefficient (Wildman–Crippen LogP) is 1.88. The summed E-state index contributed by atoms with van der Waals surface area (Å²) in [5, 5.41) is 0. The number of ether oxygens (including phenoxy) is 2. The van der Waals surface area contributed by atoms with E-state index >= 15 is 0 Å². The van der Waals surface area contributed by atoms with E-state index in [-0.39, 0.29) is 11.6 Å². The second-order valence-corrected chi connectivity index (χ2v) is 6.11. The Bertz CT molecular complexity index is 248. The molecule has 0 bridgehead atoms. The molecule has 2 N–H and O–H groups in total. The Morgan fingerprint density at radius 3 is 2.58 bits per heavy atom. The average Bonchev–Trinajstić information content (AvgIpc) is 2.42. The molecule has 1 aliphatic rings. The maximum atomic E-state index is 6.19. The predicted molar refractivity (Wildman–Crippen MR) is 79.3 cm³/mol. The fraction of sp³-hybridized carbons (Fsp3) is 1.00. The molecule has 0 spiro atoms. The first-order valence-corrected chi connectivity index (χ1v) is 7.57. The van der Waals surface area contributed by atoms with E-state index in [1.165, 1.54) is 12.8 Å². The first kappa shape index (κ1) is 16.9. The van der Waals surface area contributed by atoms with E-state index in [1.54, 1.807) is 7.11 Å². The second-order valence-electron chi connectivity index (χ2n) is 6.11. The van der Waals surface area contributed by atoms with Gasteiger partial charge in [0, 0.05) is 33.9 Å². The lowest BCUT2D eigenvalue weighted by atomic mass is 9.77. The normalized spacial score (nSPS) is 28.3. The van der Waals surface area contributed by atoms with Crippen LogP contribution in [0.4, 0.5) is 0 Å². The van der Waals surface area contributed by atoms with Gasteiger partial charge in [-0.25, -0.2) is 0 Å². The molecule has 19 heavy (non-hydrogen) atoms. The molecule has 1 aliphatic carbocycles. The van der Waals surface area contributed by atoms with Gasteiger partial charge in [-0.2, -0.15) is 0 Å². The van der Waals surface area contributed by atoms with Crippen molar-refractivity contribution < 1.29 is 9.47 Å². The highest BCUT2D eigenvalue weighted by Crippen LogP contribution is 2.35. The standard InChI is InChI=1S/C15H32N2O2/c1-13(2)11-17(9-10-18-3)15(12-16)8-6-5-7-14(15)19-4/h13-14H,5-12,16H2,1-4H3. The summed E-state index contributed by atoms with van der Waals surface area (Å²) in [5.74, 6) is 0.625. The summed E-state index contributed by atoms with van der Waals surface area (Å²) in [5.41, 5.74) is 6.19. The average molecular weight is 272 g/mol. The Balaban J connectivity index is 2.89. The number of nitrogens with two attached hydrogens (primary N) is 1. The third-order valence-electron chi connectivity index (χ3n) is 4.34. The van der Waals surface area contributed by atoms with Gasteiger partial charge in [-0.05, 0) is 18.8 Å². The maximum absolute atomic E-state index is 6.19. The molecule has 114 valence electrons. The van der Waals surface area contributed by atoms with E-state index in [4.69, 9.17) is 15.2 Å². The van der Waals surface area contributed by atoms with Crippen molar-refractivity contribution in [2.75, 3.05) is 40.5 Å². The van der Waals surface area contributed by atoms with Gasteiger partial charge in [-0.1, -0.05) is 26.7 Å². The summed E-state index contributed by atoms with van der Waals surface area (Å²) in [6, 6.07) is 0. The van der Waals surface area contributed by atoms with Crippen molar-refractivity contribution in [2.45, 2.75) is 51.2 Å². The van der Waals surface area contributed by atoms with Gasteiger partial charge >= 0.3 is 0 Å². The number of hydrogen-bond donors (Lipinski definition) is 1. The molecule has 4 nitrogen and oxygen atoms in total. The number of methoxy groups -OCH3 is 2. The summed E-state index contributed by atoms with van der Waals surface area (Å²) in [4.78, 5) is 2.52. The van der Waals surface area contributed by atoms with E-state index in [9.17, 15) is 0 Å². The van der Waals surface area contributed by atoms with Crippen LogP contribution in [0, 0.1) is 5.92 Å². The molecule has 1 fully saturated rings. The molecule has 0 aromatic carbocycles. The van der Waals surface area contributed by atoms with Crippen LogP contribution in [0.3, 0.4) is 0 Å². The Morgan fingerprint density at radius 2 is 2.05 bits per heavy atom. The van der Waals surface area contributed by atoms with Gasteiger partial charge in [0.25, 0.3) is 0 Å². The van der Waals surface area contributed by atoms with Crippen molar-refractivity contribution in [3.8, 4) is 0 Å². The fourth-order valence-electron chi connectivity index (χ4n) is 3.39. The molecule has 0 heterocycles. The van der Waals surface area contributed by atoms with Crippen molar-refractivity contribution in [1.29, 1.82) is 0 Å². The topological polar surface area (TPSA) is 47.7 Å². The zero-order valence-electron chi connectivity index (χ0n) is 13.2. The van der Waals surface area contributed by atoms with Crippen LogP contribution in [-0.2, 0) is 9.47 Å². The second kappa shape index (κ2) is 8.20. The highest BCUT2D eigenvalue weighted by atomic mass is 16.5. The maximum Gasteiger partial charge on any atom is 0.0767 e. The fourth-order valence-corrected chi connectivity index (χ4v) is 3.39. The SMILES string of the molecule is COCCN(CC(C)C)C1(CN)CCCCC1OC. The Hall–Kier alpha value is -0.160. The van der Waals surface area contributed by atoms with Crippen LogP contribution in [0.2, 0.25) is 0 Å². The Labute approximate surface area is 118 Å². The molecule has 0 aliphatic heterocycles. The third-order valence-corrected chi connectivity index (χ3v) is 4.34. The molecule has 1 saturated carbocycles. The Morgan fingerprint density at radius 1 is 1.32 bits per heavy atom. The number of rotatable bonds is 8. The highest BCUT2D eigenvalue weighted by Gasteiger charge is 2.44. The molecule has 0 aromatic rings. The van der Waals surface area contributed by atoms with E-state index in [2.05, 4.69) is 18.7 Å². The van der Waals surface area contributed by atoms with Gasteiger partial charge in [-0.3, -0.25) is 4.90 Å². The van der Waals surface area contributed by atoms with Gasteiger partial charge < -0.3 is 15.2 Å². The van der Waals surface area contributed by atoms with E-state index < -0.39 is 0 Å².